The number of nitrogens with zero attached hydrogens (tertiary/aromatic N) is 1. The molecule has 1 nitrogen and oxygen atoms in total. The first-order valence-corrected chi connectivity index (χ1v) is 7.78. The highest BCUT2D eigenvalue weighted by Gasteiger charge is 2.15. The van der Waals surface area contributed by atoms with E-state index in [0.717, 1.165) is 11.8 Å². The molecule has 0 fully saturated rings. The van der Waals surface area contributed by atoms with Crippen LogP contribution in [0.4, 0.5) is 0 Å². The van der Waals surface area contributed by atoms with Crippen molar-refractivity contribution in [1.29, 1.82) is 0 Å². The van der Waals surface area contributed by atoms with Crippen LogP contribution in [0.3, 0.4) is 0 Å². The first-order valence-electron chi connectivity index (χ1n) is 7.78. The predicted molar refractivity (Wildman–Crippen MR) is 79.5 cm³/mol. The van der Waals surface area contributed by atoms with Gasteiger partial charge in [-0.3, -0.25) is 0 Å². The van der Waals surface area contributed by atoms with Crippen LogP contribution in [0.15, 0.2) is 0 Å². The molecule has 0 spiro atoms. The van der Waals surface area contributed by atoms with E-state index in [1.165, 1.54) is 57.9 Å². The first kappa shape index (κ1) is 17.0. The molecular formula is C16H35N. The van der Waals surface area contributed by atoms with E-state index < -0.39 is 0 Å². The van der Waals surface area contributed by atoms with Crippen LogP contribution in [0.5, 0.6) is 0 Å². The van der Waals surface area contributed by atoms with Gasteiger partial charge in [0.15, 0.2) is 0 Å². The summed E-state index contributed by atoms with van der Waals surface area (Å²) in [6.45, 7) is 8.26. The Labute approximate surface area is 110 Å². The fraction of sp³-hybridized carbons (Fsp3) is 1.00. The predicted octanol–water partition coefficient (Wildman–Crippen LogP) is 4.96. The van der Waals surface area contributed by atoms with Crippen molar-refractivity contribution in [2.24, 2.45) is 11.8 Å². The van der Waals surface area contributed by atoms with Crippen molar-refractivity contribution in [2.45, 2.75) is 72.1 Å². The second kappa shape index (κ2) is 11.1. The van der Waals surface area contributed by atoms with Gasteiger partial charge in [0, 0.05) is 6.54 Å². The molecule has 17 heavy (non-hydrogen) atoms. The summed E-state index contributed by atoms with van der Waals surface area (Å²) in [5.41, 5.74) is 0. The highest BCUT2D eigenvalue weighted by Crippen LogP contribution is 2.24. The molecule has 2 unspecified atom stereocenters. The number of hydrogen-bond donors (Lipinski definition) is 0. The number of unbranched alkanes of at least 4 members (excludes halogenated alkanes) is 2. The Morgan fingerprint density at radius 1 is 0.824 bits per heavy atom. The van der Waals surface area contributed by atoms with Crippen molar-refractivity contribution >= 4 is 0 Å². The molecule has 104 valence electrons. The van der Waals surface area contributed by atoms with Crippen LogP contribution in [0, 0.1) is 11.8 Å². The summed E-state index contributed by atoms with van der Waals surface area (Å²) in [6.07, 6.45) is 11.2. The van der Waals surface area contributed by atoms with Gasteiger partial charge in [-0.1, -0.05) is 59.3 Å². The summed E-state index contributed by atoms with van der Waals surface area (Å²) in [5, 5.41) is 0. The van der Waals surface area contributed by atoms with Gasteiger partial charge in [0.25, 0.3) is 0 Å². The third-order valence-corrected chi connectivity index (χ3v) is 3.78. The summed E-state index contributed by atoms with van der Waals surface area (Å²) in [4.78, 5) is 2.37. The second-order valence-corrected chi connectivity index (χ2v) is 5.92. The van der Waals surface area contributed by atoms with E-state index in [4.69, 9.17) is 0 Å². The largest absolute Gasteiger partial charge is 0.309 e. The molecule has 0 bridgehead atoms. The summed E-state index contributed by atoms with van der Waals surface area (Å²) in [5.74, 6) is 1.89. The summed E-state index contributed by atoms with van der Waals surface area (Å²) < 4.78 is 0. The van der Waals surface area contributed by atoms with Crippen LogP contribution >= 0.6 is 0 Å². The molecule has 0 aromatic rings. The normalized spacial score (nSPS) is 15.2. The lowest BCUT2D eigenvalue weighted by Crippen LogP contribution is -2.23. The molecule has 1 heteroatoms. The lowest BCUT2D eigenvalue weighted by atomic mass is 9.86. The van der Waals surface area contributed by atoms with Crippen LogP contribution in [0.25, 0.3) is 0 Å². The maximum absolute atomic E-state index is 2.37. The van der Waals surface area contributed by atoms with Crippen LogP contribution in [-0.4, -0.2) is 25.5 Å². The Balaban J connectivity index is 4.05. The standard InChI is InChI=1S/C16H35N/c1-6-9-10-12-16(14-17(4)5)13-15(8-3)11-7-2/h15-16H,6-14H2,1-5H3. The smallest absolute Gasteiger partial charge is 0.000366 e. The fourth-order valence-electron chi connectivity index (χ4n) is 2.85. The van der Waals surface area contributed by atoms with Gasteiger partial charge in [-0.25, -0.2) is 0 Å². The van der Waals surface area contributed by atoms with E-state index in [2.05, 4.69) is 39.8 Å². The summed E-state index contributed by atoms with van der Waals surface area (Å²) >= 11 is 0. The molecule has 0 N–H and O–H groups in total. The van der Waals surface area contributed by atoms with Crippen molar-refractivity contribution in [2.75, 3.05) is 20.6 Å². The zero-order valence-electron chi connectivity index (χ0n) is 13.0. The van der Waals surface area contributed by atoms with E-state index in [0.29, 0.717) is 0 Å². The zero-order valence-corrected chi connectivity index (χ0v) is 13.0. The first-order chi connectivity index (χ1) is 8.13. The second-order valence-electron chi connectivity index (χ2n) is 5.92. The van der Waals surface area contributed by atoms with Gasteiger partial charge in [0.1, 0.15) is 0 Å². The number of hydrogen-bond acceptors (Lipinski definition) is 1. The molecule has 0 rings (SSSR count). The molecule has 0 aromatic carbocycles. The van der Waals surface area contributed by atoms with E-state index in [9.17, 15) is 0 Å². The highest BCUT2D eigenvalue weighted by molar-refractivity contribution is 4.68. The minimum Gasteiger partial charge on any atom is -0.309 e. The van der Waals surface area contributed by atoms with Gasteiger partial charge in [0.2, 0.25) is 0 Å². The highest BCUT2D eigenvalue weighted by atomic mass is 15.1. The molecule has 0 radical (unpaired) electrons. The SMILES string of the molecule is CCCCCC(CC(CC)CCC)CN(C)C. The third-order valence-electron chi connectivity index (χ3n) is 3.78. The number of rotatable bonds is 11. The van der Waals surface area contributed by atoms with Gasteiger partial charge in [-0.2, -0.15) is 0 Å². The van der Waals surface area contributed by atoms with Gasteiger partial charge in [-0.05, 0) is 38.8 Å². The van der Waals surface area contributed by atoms with Crippen LogP contribution in [0.1, 0.15) is 72.1 Å². The third kappa shape index (κ3) is 9.64. The Bertz CT molecular complexity index is 154. The van der Waals surface area contributed by atoms with Gasteiger partial charge < -0.3 is 4.90 Å². The molecular weight excluding hydrogens is 206 g/mol. The van der Waals surface area contributed by atoms with Gasteiger partial charge >= 0.3 is 0 Å². The van der Waals surface area contributed by atoms with E-state index in [1.54, 1.807) is 0 Å². The minimum absolute atomic E-state index is 0.924. The molecule has 0 saturated heterocycles. The molecule has 0 aliphatic carbocycles. The van der Waals surface area contributed by atoms with E-state index in [1.807, 2.05) is 0 Å². The molecule has 0 aliphatic rings. The minimum atomic E-state index is 0.924. The molecule has 2 atom stereocenters. The fourth-order valence-corrected chi connectivity index (χ4v) is 2.85. The monoisotopic (exact) mass is 241 g/mol. The van der Waals surface area contributed by atoms with Gasteiger partial charge in [-0.15, -0.1) is 0 Å². The molecule has 0 amide bonds. The van der Waals surface area contributed by atoms with E-state index in [-0.39, 0.29) is 0 Å². The molecule has 0 aliphatic heterocycles. The average Bonchev–Trinajstić information content (AvgIpc) is 2.27. The van der Waals surface area contributed by atoms with Crippen molar-refractivity contribution in [1.82, 2.24) is 4.90 Å². The maximum atomic E-state index is 2.37. The maximum Gasteiger partial charge on any atom is 0.000366 e. The zero-order chi connectivity index (χ0) is 13.1. The molecule has 0 aromatic heterocycles. The van der Waals surface area contributed by atoms with Crippen LogP contribution in [0.2, 0.25) is 0 Å². The quantitative estimate of drug-likeness (QED) is 0.462. The Morgan fingerprint density at radius 2 is 1.53 bits per heavy atom. The Morgan fingerprint density at radius 3 is 2.00 bits per heavy atom. The Kier molecular flexibility index (Phi) is 11.0. The average molecular weight is 241 g/mol. The van der Waals surface area contributed by atoms with Crippen LogP contribution < -0.4 is 0 Å². The van der Waals surface area contributed by atoms with Crippen molar-refractivity contribution in [3.05, 3.63) is 0 Å². The van der Waals surface area contributed by atoms with Crippen LogP contribution in [-0.2, 0) is 0 Å². The lowest BCUT2D eigenvalue weighted by Gasteiger charge is -2.25. The van der Waals surface area contributed by atoms with Crippen molar-refractivity contribution < 1.29 is 0 Å². The molecule has 0 heterocycles. The molecule has 0 saturated carbocycles. The topological polar surface area (TPSA) is 3.24 Å². The van der Waals surface area contributed by atoms with Crippen molar-refractivity contribution in [3.8, 4) is 0 Å². The summed E-state index contributed by atoms with van der Waals surface area (Å²) in [6, 6.07) is 0. The summed E-state index contributed by atoms with van der Waals surface area (Å²) in [7, 11) is 4.43. The van der Waals surface area contributed by atoms with Gasteiger partial charge in [0.05, 0.1) is 0 Å². The Hall–Kier alpha value is -0.0400. The van der Waals surface area contributed by atoms with E-state index >= 15 is 0 Å². The lowest BCUT2D eigenvalue weighted by molar-refractivity contribution is 0.250. The van der Waals surface area contributed by atoms with Crippen molar-refractivity contribution in [3.63, 3.8) is 0 Å².